The molecular formula is C14H14N2. The van der Waals surface area contributed by atoms with E-state index in [2.05, 4.69) is 34.3 Å². The largest absolute Gasteiger partial charge is 0.309 e. The SMILES string of the molecule is CNCC#Cc1ccc2nc(C)ccc2c1. The molecule has 0 fully saturated rings. The van der Waals surface area contributed by atoms with Gasteiger partial charge in [-0.05, 0) is 38.2 Å². The lowest BCUT2D eigenvalue weighted by Gasteiger charge is -1.99. The van der Waals surface area contributed by atoms with Crippen molar-refractivity contribution in [3.05, 3.63) is 41.6 Å². The van der Waals surface area contributed by atoms with Crippen LogP contribution in [0.5, 0.6) is 0 Å². The van der Waals surface area contributed by atoms with Gasteiger partial charge in [0.1, 0.15) is 0 Å². The van der Waals surface area contributed by atoms with Gasteiger partial charge in [0.25, 0.3) is 0 Å². The number of benzene rings is 1. The summed E-state index contributed by atoms with van der Waals surface area (Å²) in [6.07, 6.45) is 0. The molecule has 0 amide bonds. The molecule has 1 N–H and O–H groups in total. The molecule has 0 saturated heterocycles. The molecular weight excluding hydrogens is 196 g/mol. The van der Waals surface area contributed by atoms with Crippen LogP contribution in [0.3, 0.4) is 0 Å². The lowest BCUT2D eigenvalue weighted by atomic mass is 10.1. The van der Waals surface area contributed by atoms with Crippen LogP contribution in [0.1, 0.15) is 11.3 Å². The highest BCUT2D eigenvalue weighted by atomic mass is 14.8. The highest BCUT2D eigenvalue weighted by molar-refractivity contribution is 5.80. The number of nitrogens with one attached hydrogen (secondary N) is 1. The normalized spacial score (nSPS) is 9.88. The predicted molar refractivity (Wildman–Crippen MR) is 67.3 cm³/mol. The van der Waals surface area contributed by atoms with E-state index >= 15 is 0 Å². The molecule has 80 valence electrons. The monoisotopic (exact) mass is 210 g/mol. The number of hydrogen-bond acceptors (Lipinski definition) is 2. The van der Waals surface area contributed by atoms with Crippen molar-refractivity contribution in [1.29, 1.82) is 0 Å². The first kappa shape index (κ1) is 10.7. The van der Waals surface area contributed by atoms with E-state index in [0.29, 0.717) is 6.54 Å². The van der Waals surface area contributed by atoms with Gasteiger partial charge in [-0.15, -0.1) is 0 Å². The number of fused-ring (bicyclic) bond motifs is 1. The molecule has 1 aromatic heterocycles. The molecule has 0 bridgehead atoms. The first-order valence-electron chi connectivity index (χ1n) is 5.30. The van der Waals surface area contributed by atoms with Crippen LogP contribution in [0.4, 0.5) is 0 Å². The zero-order valence-electron chi connectivity index (χ0n) is 9.54. The van der Waals surface area contributed by atoms with Crippen LogP contribution < -0.4 is 5.32 Å². The highest BCUT2D eigenvalue weighted by Gasteiger charge is 1.95. The van der Waals surface area contributed by atoms with Crippen molar-refractivity contribution in [2.24, 2.45) is 0 Å². The molecule has 0 radical (unpaired) electrons. The molecule has 2 heteroatoms. The zero-order valence-corrected chi connectivity index (χ0v) is 9.54. The van der Waals surface area contributed by atoms with Crippen LogP contribution in [-0.4, -0.2) is 18.6 Å². The maximum Gasteiger partial charge on any atom is 0.0706 e. The van der Waals surface area contributed by atoms with E-state index in [1.165, 1.54) is 0 Å². The third-order valence-corrected chi connectivity index (χ3v) is 2.33. The van der Waals surface area contributed by atoms with Crippen LogP contribution >= 0.6 is 0 Å². The molecule has 0 aliphatic heterocycles. The quantitative estimate of drug-likeness (QED) is 0.729. The van der Waals surface area contributed by atoms with Gasteiger partial charge in [0.05, 0.1) is 12.1 Å². The molecule has 2 aromatic rings. The second-order valence-corrected chi connectivity index (χ2v) is 3.69. The average molecular weight is 210 g/mol. The van der Waals surface area contributed by atoms with Gasteiger partial charge in [0.2, 0.25) is 0 Å². The van der Waals surface area contributed by atoms with Crippen molar-refractivity contribution >= 4 is 10.9 Å². The maximum atomic E-state index is 4.45. The fourth-order valence-corrected chi connectivity index (χ4v) is 1.54. The standard InChI is InChI=1S/C14H14N2/c1-11-5-7-13-10-12(4-3-9-15-2)6-8-14(13)16-11/h5-8,10,15H,9H2,1-2H3. The van der Waals surface area contributed by atoms with Crippen LogP contribution in [-0.2, 0) is 0 Å². The van der Waals surface area contributed by atoms with E-state index in [4.69, 9.17) is 0 Å². The van der Waals surface area contributed by atoms with Crippen LogP contribution in [0, 0.1) is 18.8 Å². The van der Waals surface area contributed by atoms with Crippen molar-refractivity contribution in [3.8, 4) is 11.8 Å². The van der Waals surface area contributed by atoms with Crippen molar-refractivity contribution in [2.75, 3.05) is 13.6 Å². The summed E-state index contributed by atoms with van der Waals surface area (Å²) in [5, 5.41) is 4.14. The van der Waals surface area contributed by atoms with Crippen LogP contribution in [0.15, 0.2) is 30.3 Å². The van der Waals surface area contributed by atoms with Gasteiger partial charge in [0, 0.05) is 16.6 Å². The molecule has 0 unspecified atom stereocenters. The summed E-state index contributed by atoms with van der Waals surface area (Å²) in [6, 6.07) is 10.2. The Morgan fingerprint density at radius 1 is 1.25 bits per heavy atom. The summed E-state index contributed by atoms with van der Waals surface area (Å²) in [6.45, 7) is 2.71. The van der Waals surface area contributed by atoms with Crippen molar-refractivity contribution in [3.63, 3.8) is 0 Å². The molecule has 2 nitrogen and oxygen atoms in total. The first-order chi connectivity index (χ1) is 7.79. The van der Waals surface area contributed by atoms with Crippen molar-refractivity contribution < 1.29 is 0 Å². The van der Waals surface area contributed by atoms with Crippen molar-refractivity contribution in [1.82, 2.24) is 10.3 Å². The third kappa shape index (κ3) is 2.39. The molecule has 16 heavy (non-hydrogen) atoms. The summed E-state index contributed by atoms with van der Waals surface area (Å²) in [5.41, 5.74) is 3.11. The second-order valence-electron chi connectivity index (χ2n) is 3.69. The first-order valence-corrected chi connectivity index (χ1v) is 5.30. The Morgan fingerprint density at radius 2 is 2.12 bits per heavy atom. The molecule has 0 aliphatic carbocycles. The van der Waals surface area contributed by atoms with Gasteiger partial charge in [-0.25, -0.2) is 0 Å². The predicted octanol–water partition coefficient (Wildman–Crippen LogP) is 2.11. The Balaban J connectivity index is 2.38. The molecule has 0 spiro atoms. The Hall–Kier alpha value is -1.85. The molecule has 0 saturated carbocycles. The lowest BCUT2D eigenvalue weighted by molar-refractivity contribution is 0.938. The number of aryl methyl sites for hydroxylation is 1. The summed E-state index contributed by atoms with van der Waals surface area (Å²) < 4.78 is 0. The Labute approximate surface area is 95.7 Å². The van der Waals surface area contributed by atoms with Gasteiger partial charge in [-0.2, -0.15) is 0 Å². The van der Waals surface area contributed by atoms with Crippen LogP contribution in [0.25, 0.3) is 10.9 Å². The van der Waals surface area contributed by atoms with E-state index in [1.807, 2.05) is 32.2 Å². The fourth-order valence-electron chi connectivity index (χ4n) is 1.54. The van der Waals surface area contributed by atoms with E-state index in [9.17, 15) is 0 Å². The number of hydrogen-bond donors (Lipinski definition) is 1. The van der Waals surface area contributed by atoms with Crippen LogP contribution in [0.2, 0.25) is 0 Å². The number of aromatic nitrogens is 1. The number of rotatable bonds is 1. The van der Waals surface area contributed by atoms with E-state index < -0.39 is 0 Å². The average Bonchev–Trinajstić information content (AvgIpc) is 2.29. The zero-order chi connectivity index (χ0) is 11.4. The summed E-state index contributed by atoms with van der Waals surface area (Å²) in [7, 11) is 1.89. The number of nitrogens with zero attached hydrogens (tertiary/aromatic N) is 1. The number of pyridine rings is 1. The Kier molecular flexibility index (Phi) is 3.19. The maximum absolute atomic E-state index is 4.45. The fraction of sp³-hybridized carbons (Fsp3) is 0.214. The van der Waals surface area contributed by atoms with Crippen molar-refractivity contribution in [2.45, 2.75) is 6.92 Å². The van der Waals surface area contributed by atoms with Gasteiger partial charge in [-0.3, -0.25) is 4.98 Å². The highest BCUT2D eigenvalue weighted by Crippen LogP contribution is 2.13. The minimum atomic E-state index is 0.712. The van der Waals surface area contributed by atoms with Gasteiger partial charge in [-0.1, -0.05) is 17.9 Å². The molecule has 2 rings (SSSR count). The summed E-state index contributed by atoms with van der Waals surface area (Å²) in [5.74, 6) is 6.16. The van der Waals surface area contributed by atoms with Gasteiger partial charge < -0.3 is 5.32 Å². The Bertz CT molecular complexity index is 562. The topological polar surface area (TPSA) is 24.9 Å². The smallest absolute Gasteiger partial charge is 0.0706 e. The van der Waals surface area contributed by atoms with E-state index in [-0.39, 0.29) is 0 Å². The minimum absolute atomic E-state index is 0.712. The van der Waals surface area contributed by atoms with Gasteiger partial charge >= 0.3 is 0 Å². The summed E-state index contributed by atoms with van der Waals surface area (Å²) in [4.78, 5) is 4.45. The molecule has 1 aromatic carbocycles. The lowest BCUT2D eigenvalue weighted by Crippen LogP contribution is -2.04. The minimum Gasteiger partial charge on any atom is -0.309 e. The molecule has 0 atom stereocenters. The third-order valence-electron chi connectivity index (χ3n) is 2.33. The Morgan fingerprint density at radius 3 is 2.94 bits per heavy atom. The van der Waals surface area contributed by atoms with E-state index in [1.54, 1.807) is 0 Å². The second kappa shape index (κ2) is 4.78. The molecule has 1 heterocycles. The van der Waals surface area contributed by atoms with E-state index in [0.717, 1.165) is 22.2 Å². The summed E-state index contributed by atoms with van der Waals surface area (Å²) >= 11 is 0. The molecule has 0 aliphatic rings. The van der Waals surface area contributed by atoms with Gasteiger partial charge in [0.15, 0.2) is 0 Å².